The quantitative estimate of drug-likeness (QED) is 0.383. The van der Waals surface area contributed by atoms with E-state index in [0.29, 0.717) is 0 Å². The van der Waals surface area contributed by atoms with Crippen molar-refractivity contribution in [2.24, 2.45) is 0 Å². The molecular formula is C2H7ClOSi. The fraction of sp³-hybridized carbons (Fsp3) is 1.00. The van der Waals surface area contributed by atoms with E-state index in [0.717, 1.165) is 6.04 Å². The van der Waals surface area contributed by atoms with Gasteiger partial charge in [-0.2, -0.15) is 11.1 Å². The first-order valence-corrected chi connectivity index (χ1v) is 4.72. The van der Waals surface area contributed by atoms with E-state index in [9.17, 15) is 0 Å². The Morgan fingerprint density at radius 1 is 1.80 bits per heavy atom. The summed E-state index contributed by atoms with van der Waals surface area (Å²) in [5.74, 6) is 0. The molecule has 1 N–H and O–H groups in total. The molecule has 0 radical (unpaired) electrons. The van der Waals surface area contributed by atoms with Crippen LogP contribution in [0.4, 0.5) is 0 Å². The van der Waals surface area contributed by atoms with Crippen molar-refractivity contribution in [3.63, 3.8) is 0 Å². The van der Waals surface area contributed by atoms with Gasteiger partial charge in [-0.3, -0.25) is 0 Å². The Morgan fingerprint density at radius 3 is 2.40 bits per heavy atom. The minimum absolute atomic E-state index is 0.274. The second kappa shape index (κ2) is 4.47. The zero-order chi connectivity index (χ0) is 4.12. The molecule has 0 unspecified atom stereocenters. The second-order valence-electron chi connectivity index (χ2n) is 0.766. The SMILES string of the molecule is OCC[SiH2]Cl. The Hall–Kier alpha value is 0.467. The van der Waals surface area contributed by atoms with Crippen LogP contribution in [-0.2, 0) is 0 Å². The van der Waals surface area contributed by atoms with Crippen LogP contribution in [0.3, 0.4) is 0 Å². The maximum atomic E-state index is 8.02. The van der Waals surface area contributed by atoms with Gasteiger partial charge in [-0.05, 0) is 6.04 Å². The largest absolute Gasteiger partial charge is 0.397 e. The third-order valence-electron chi connectivity index (χ3n) is 0.292. The van der Waals surface area contributed by atoms with Crippen molar-refractivity contribution in [3.05, 3.63) is 0 Å². The molecule has 0 aliphatic rings. The molecule has 0 saturated heterocycles. The van der Waals surface area contributed by atoms with Gasteiger partial charge in [0.1, 0.15) is 8.83 Å². The Balaban J connectivity index is 2.19. The van der Waals surface area contributed by atoms with Gasteiger partial charge >= 0.3 is 0 Å². The Bertz CT molecular complexity index is 17.1. The topological polar surface area (TPSA) is 20.2 Å². The number of hydrogen-bond acceptors (Lipinski definition) is 1. The first-order valence-electron chi connectivity index (χ1n) is 1.58. The van der Waals surface area contributed by atoms with Gasteiger partial charge in [0, 0.05) is 6.61 Å². The van der Waals surface area contributed by atoms with E-state index in [2.05, 4.69) is 0 Å². The number of halogens is 1. The summed E-state index contributed by atoms with van der Waals surface area (Å²) in [7, 11) is -0.364. The van der Waals surface area contributed by atoms with Gasteiger partial charge in [-0.1, -0.05) is 0 Å². The van der Waals surface area contributed by atoms with Gasteiger partial charge in [0.2, 0.25) is 0 Å². The minimum atomic E-state index is -0.364. The summed E-state index contributed by atoms with van der Waals surface area (Å²) in [5.41, 5.74) is 0. The molecule has 32 valence electrons. The summed E-state index contributed by atoms with van der Waals surface area (Å²) in [6.45, 7) is 0.274. The predicted octanol–water partition coefficient (Wildman–Crippen LogP) is -0.280. The number of rotatable bonds is 2. The molecule has 0 aromatic carbocycles. The molecule has 1 nitrogen and oxygen atoms in total. The van der Waals surface area contributed by atoms with Crippen LogP contribution in [0.15, 0.2) is 0 Å². The molecule has 0 heterocycles. The van der Waals surface area contributed by atoms with Crippen molar-refractivity contribution in [1.29, 1.82) is 0 Å². The molecule has 0 amide bonds. The van der Waals surface area contributed by atoms with Gasteiger partial charge in [-0.25, -0.2) is 0 Å². The molecule has 0 atom stereocenters. The lowest BCUT2D eigenvalue weighted by molar-refractivity contribution is 0.318. The monoisotopic (exact) mass is 110 g/mol. The molecule has 0 saturated carbocycles. The van der Waals surface area contributed by atoms with Gasteiger partial charge in [0.25, 0.3) is 0 Å². The standard InChI is InChI=1S/C2H7ClOSi/c3-5-2-1-4/h4H,1-2,5H2. The van der Waals surface area contributed by atoms with Crippen molar-refractivity contribution in [2.75, 3.05) is 6.61 Å². The van der Waals surface area contributed by atoms with Crippen LogP contribution in [0.1, 0.15) is 0 Å². The van der Waals surface area contributed by atoms with Crippen LogP contribution in [0.2, 0.25) is 6.04 Å². The average molecular weight is 111 g/mol. The predicted molar refractivity (Wildman–Crippen MR) is 26.3 cm³/mol. The molecule has 5 heavy (non-hydrogen) atoms. The number of aliphatic hydroxyl groups excluding tert-OH is 1. The number of hydrogen-bond donors (Lipinski definition) is 1. The van der Waals surface area contributed by atoms with Crippen molar-refractivity contribution >= 4 is 19.9 Å². The molecule has 0 aromatic rings. The Kier molecular flexibility index (Phi) is 4.88. The highest BCUT2D eigenvalue weighted by atomic mass is 35.6. The maximum Gasteiger partial charge on any atom is 0.127 e. The Labute approximate surface area is 38.5 Å². The van der Waals surface area contributed by atoms with Crippen molar-refractivity contribution in [1.82, 2.24) is 0 Å². The molecule has 0 aromatic heterocycles. The molecule has 0 fully saturated rings. The summed E-state index contributed by atoms with van der Waals surface area (Å²) in [6.07, 6.45) is 0. The molecule has 3 heteroatoms. The highest BCUT2D eigenvalue weighted by Gasteiger charge is 1.73. The van der Waals surface area contributed by atoms with E-state index in [1.54, 1.807) is 0 Å². The fourth-order valence-electron chi connectivity index (χ4n) is 0.0598. The smallest absolute Gasteiger partial charge is 0.127 e. The summed E-state index contributed by atoms with van der Waals surface area (Å²) >= 11 is 5.28. The molecule has 0 aliphatic heterocycles. The van der Waals surface area contributed by atoms with Crippen molar-refractivity contribution in [2.45, 2.75) is 6.04 Å². The van der Waals surface area contributed by atoms with Gasteiger partial charge in [-0.15, -0.1) is 0 Å². The zero-order valence-electron chi connectivity index (χ0n) is 2.95. The first-order chi connectivity index (χ1) is 2.41. The van der Waals surface area contributed by atoms with Crippen LogP contribution < -0.4 is 0 Å². The molecule has 0 bridgehead atoms. The van der Waals surface area contributed by atoms with Crippen LogP contribution in [0, 0.1) is 0 Å². The summed E-state index contributed by atoms with van der Waals surface area (Å²) in [4.78, 5) is 0. The maximum absolute atomic E-state index is 8.02. The fourth-order valence-corrected chi connectivity index (χ4v) is 0.538. The van der Waals surface area contributed by atoms with Crippen molar-refractivity contribution < 1.29 is 5.11 Å². The highest BCUT2D eigenvalue weighted by molar-refractivity contribution is 6.93. The van der Waals surface area contributed by atoms with Crippen molar-refractivity contribution in [3.8, 4) is 0 Å². The van der Waals surface area contributed by atoms with E-state index in [-0.39, 0.29) is 15.4 Å². The lowest BCUT2D eigenvalue weighted by Crippen LogP contribution is -1.81. The lowest BCUT2D eigenvalue weighted by atomic mass is 10.9. The minimum Gasteiger partial charge on any atom is -0.397 e. The molecule has 0 rings (SSSR count). The van der Waals surface area contributed by atoms with E-state index in [1.807, 2.05) is 0 Å². The normalized spacial score (nSPS) is 10.8. The molecule has 0 aliphatic carbocycles. The second-order valence-corrected chi connectivity index (χ2v) is 2.99. The lowest BCUT2D eigenvalue weighted by Gasteiger charge is -1.76. The van der Waals surface area contributed by atoms with E-state index in [1.165, 1.54) is 0 Å². The van der Waals surface area contributed by atoms with E-state index in [4.69, 9.17) is 16.2 Å². The van der Waals surface area contributed by atoms with Crippen LogP contribution in [0.5, 0.6) is 0 Å². The third kappa shape index (κ3) is 4.47. The van der Waals surface area contributed by atoms with Gasteiger partial charge < -0.3 is 5.11 Å². The summed E-state index contributed by atoms with van der Waals surface area (Å²) in [6, 6.07) is 0.849. The number of aliphatic hydroxyl groups is 1. The van der Waals surface area contributed by atoms with Gasteiger partial charge in [0.05, 0.1) is 0 Å². The summed E-state index contributed by atoms with van der Waals surface area (Å²) < 4.78 is 0. The highest BCUT2D eigenvalue weighted by Crippen LogP contribution is 1.75. The van der Waals surface area contributed by atoms with Crippen LogP contribution in [0.25, 0.3) is 0 Å². The van der Waals surface area contributed by atoms with E-state index >= 15 is 0 Å². The Morgan fingerprint density at radius 2 is 2.40 bits per heavy atom. The molecule has 0 spiro atoms. The zero-order valence-corrected chi connectivity index (χ0v) is 5.12. The summed E-state index contributed by atoms with van der Waals surface area (Å²) in [5, 5.41) is 8.02. The molecular weight excluding hydrogens is 104 g/mol. The third-order valence-corrected chi connectivity index (χ3v) is 1.68. The van der Waals surface area contributed by atoms with Gasteiger partial charge in [0.15, 0.2) is 0 Å². The van der Waals surface area contributed by atoms with Crippen LogP contribution >= 0.6 is 11.1 Å². The first kappa shape index (κ1) is 5.47. The average Bonchev–Trinajstić information content (AvgIpc) is 1.41. The van der Waals surface area contributed by atoms with E-state index < -0.39 is 0 Å². The van der Waals surface area contributed by atoms with Crippen LogP contribution in [-0.4, -0.2) is 20.5 Å².